The van der Waals surface area contributed by atoms with Crippen molar-refractivity contribution in [2.45, 2.75) is 86.2 Å². The van der Waals surface area contributed by atoms with Crippen LogP contribution in [-0.2, 0) is 28.7 Å². The van der Waals surface area contributed by atoms with E-state index in [1.807, 2.05) is 76.4 Å². The average Bonchev–Trinajstić information content (AvgIpc) is 3.18. The van der Waals surface area contributed by atoms with Crippen molar-refractivity contribution < 1.29 is 19.4 Å². The Morgan fingerprint density at radius 1 is 0.976 bits per heavy atom. The van der Waals surface area contributed by atoms with E-state index in [4.69, 9.17) is 9.73 Å². The smallest absolute Gasteiger partial charge is 0.356 e. The molecule has 41 heavy (non-hydrogen) atoms. The number of imidazole rings is 1. The van der Waals surface area contributed by atoms with E-state index in [-0.39, 0.29) is 58.4 Å². The number of aromatic nitrogens is 2. The predicted molar refractivity (Wildman–Crippen MR) is 169 cm³/mol. The molecule has 224 valence electrons. The zero-order chi connectivity index (χ0) is 29.8. The first-order chi connectivity index (χ1) is 18.6. The van der Waals surface area contributed by atoms with Crippen LogP contribution in [0.2, 0.25) is 0 Å². The number of benzene rings is 2. The number of aromatic hydroxyl groups is 1. The Kier molecular flexibility index (Phi) is 11.4. The van der Waals surface area contributed by atoms with E-state index in [1.54, 1.807) is 29.8 Å². The summed E-state index contributed by atoms with van der Waals surface area (Å²) in [5.74, 6) is -0.0685. The number of carbonyl (C=O) groups is 2. The van der Waals surface area contributed by atoms with Crippen LogP contribution in [0.25, 0.3) is 0 Å². The monoisotopic (exact) mass is 627 g/mol. The van der Waals surface area contributed by atoms with Crippen LogP contribution in [0.5, 0.6) is 5.75 Å². The summed E-state index contributed by atoms with van der Waals surface area (Å²) in [5.41, 5.74) is 3.15. The van der Waals surface area contributed by atoms with Crippen LogP contribution < -0.4 is 5.62 Å². The number of ketones is 1. The molecule has 0 fully saturated rings. The first-order valence-electron chi connectivity index (χ1n) is 14.1. The molecule has 1 aromatic heterocycles. The molecule has 3 rings (SSSR count). The van der Waals surface area contributed by atoms with Gasteiger partial charge in [0.2, 0.25) is 5.62 Å². The summed E-state index contributed by atoms with van der Waals surface area (Å²) in [5, 5.41) is 11.1. The SMILES string of the molecule is Br.CCOC(=O)c1cn(CC(=O)c2cc(C(C)(C)C)c(O)c(C(C)(C)C)c2)/c(=N\CC(C)C)n1Cc1ccccc1. The predicted octanol–water partition coefficient (Wildman–Crippen LogP) is 6.83. The Bertz CT molecular complexity index is 1390. The van der Waals surface area contributed by atoms with Gasteiger partial charge in [0.05, 0.1) is 19.7 Å². The molecule has 7 nitrogen and oxygen atoms in total. The van der Waals surface area contributed by atoms with Crippen LogP contribution in [0, 0.1) is 5.92 Å². The van der Waals surface area contributed by atoms with E-state index in [0.29, 0.717) is 30.0 Å². The van der Waals surface area contributed by atoms with E-state index in [9.17, 15) is 14.7 Å². The summed E-state index contributed by atoms with van der Waals surface area (Å²) in [6.45, 7) is 19.2. The Hall–Kier alpha value is -3.13. The minimum atomic E-state index is -0.458. The lowest BCUT2D eigenvalue weighted by molar-refractivity contribution is 0.0513. The lowest BCUT2D eigenvalue weighted by atomic mass is 9.78. The molecule has 3 aromatic rings. The van der Waals surface area contributed by atoms with Crippen molar-refractivity contribution >= 4 is 28.7 Å². The Morgan fingerprint density at radius 2 is 1.54 bits per heavy atom. The van der Waals surface area contributed by atoms with Crippen molar-refractivity contribution in [3.05, 3.63) is 82.2 Å². The number of nitrogens with zero attached hydrogens (tertiary/aromatic N) is 3. The second kappa shape index (κ2) is 13.7. The summed E-state index contributed by atoms with van der Waals surface area (Å²) in [7, 11) is 0. The van der Waals surface area contributed by atoms with Crippen LogP contribution in [0.4, 0.5) is 0 Å². The van der Waals surface area contributed by atoms with Crippen LogP contribution in [0.15, 0.2) is 53.7 Å². The molecule has 1 heterocycles. The van der Waals surface area contributed by atoms with Gasteiger partial charge in [-0.05, 0) is 41.4 Å². The number of halogens is 1. The molecule has 0 aliphatic heterocycles. The van der Waals surface area contributed by atoms with Crippen molar-refractivity contribution in [3.63, 3.8) is 0 Å². The van der Waals surface area contributed by atoms with Crippen molar-refractivity contribution in [1.82, 2.24) is 9.13 Å². The first kappa shape index (κ1) is 34.1. The summed E-state index contributed by atoms with van der Waals surface area (Å²) < 4.78 is 8.97. The maximum atomic E-state index is 13.9. The second-order valence-electron chi connectivity index (χ2n) is 12.8. The van der Waals surface area contributed by atoms with Gasteiger partial charge < -0.3 is 19.0 Å². The van der Waals surface area contributed by atoms with Gasteiger partial charge in [0.1, 0.15) is 11.4 Å². The van der Waals surface area contributed by atoms with Gasteiger partial charge in [0.25, 0.3) is 0 Å². The largest absolute Gasteiger partial charge is 0.507 e. The Labute approximate surface area is 255 Å². The van der Waals surface area contributed by atoms with Crippen LogP contribution in [-0.4, -0.2) is 39.1 Å². The van der Waals surface area contributed by atoms with Crippen molar-refractivity contribution in [3.8, 4) is 5.75 Å². The fourth-order valence-electron chi connectivity index (χ4n) is 4.57. The molecule has 0 aliphatic rings. The molecule has 1 N–H and O–H groups in total. The summed E-state index contributed by atoms with van der Waals surface area (Å²) >= 11 is 0. The molecular weight excluding hydrogens is 582 g/mol. The molecule has 0 unspecified atom stereocenters. The molecule has 0 amide bonds. The van der Waals surface area contributed by atoms with E-state index in [1.165, 1.54) is 0 Å². The van der Waals surface area contributed by atoms with Gasteiger partial charge >= 0.3 is 5.97 Å². The van der Waals surface area contributed by atoms with Crippen LogP contribution >= 0.6 is 17.0 Å². The highest BCUT2D eigenvalue weighted by molar-refractivity contribution is 8.93. The number of hydrogen-bond acceptors (Lipinski definition) is 5. The Morgan fingerprint density at radius 3 is 2.02 bits per heavy atom. The van der Waals surface area contributed by atoms with Crippen molar-refractivity contribution in [2.75, 3.05) is 13.2 Å². The molecule has 0 atom stereocenters. The topological polar surface area (TPSA) is 85.8 Å². The Balaban J connectivity index is 0.00000588. The number of phenolic OH excluding ortho intramolecular Hbond substituents is 1. The highest BCUT2D eigenvalue weighted by Crippen LogP contribution is 2.39. The number of phenols is 1. The van der Waals surface area contributed by atoms with Crippen molar-refractivity contribution in [1.29, 1.82) is 0 Å². The zero-order valence-corrected chi connectivity index (χ0v) is 27.7. The zero-order valence-electron chi connectivity index (χ0n) is 25.9. The van der Waals surface area contributed by atoms with Gasteiger partial charge in [0.15, 0.2) is 5.78 Å². The van der Waals surface area contributed by atoms with Crippen LogP contribution in [0.1, 0.15) is 99.9 Å². The molecule has 0 spiro atoms. The quantitative estimate of drug-likeness (QED) is 0.208. The number of rotatable bonds is 9. The first-order valence-corrected chi connectivity index (χ1v) is 14.1. The molecule has 2 aromatic carbocycles. The highest BCUT2D eigenvalue weighted by atomic mass is 79.9. The van der Waals surface area contributed by atoms with E-state index < -0.39 is 5.97 Å². The van der Waals surface area contributed by atoms with Gasteiger partial charge in [-0.2, -0.15) is 0 Å². The lowest BCUT2D eigenvalue weighted by Gasteiger charge is -2.28. The maximum absolute atomic E-state index is 13.9. The molecule has 0 saturated carbocycles. The molecule has 8 heteroatoms. The number of Topliss-reactive ketones (excluding diaryl/α,β-unsaturated/α-hetero) is 1. The summed E-state index contributed by atoms with van der Waals surface area (Å²) in [4.78, 5) is 31.8. The molecule has 0 bridgehead atoms. The third kappa shape index (κ3) is 8.44. The average molecular weight is 629 g/mol. The van der Waals surface area contributed by atoms with Gasteiger partial charge in [0, 0.05) is 29.4 Å². The fraction of sp³-hybridized carbons (Fsp3) is 0.485. The van der Waals surface area contributed by atoms with Gasteiger partial charge in [-0.25, -0.2) is 4.79 Å². The number of esters is 1. The number of ether oxygens (including phenoxy) is 1. The van der Waals surface area contributed by atoms with Crippen molar-refractivity contribution in [2.24, 2.45) is 10.9 Å². The fourth-order valence-corrected chi connectivity index (χ4v) is 4.57. The third-order valence-electron chi connectivity index (χ3n) is 6.70. The van der Waals surface area contributed by atoms with Gasteiger partial charge in [-0.15, -0.1) is 17.0 Å². The summed E-state index contributed by atoms with van der Waals surface area (Å²) in [6, 6.07) is 13.4. The van der Waals surface area contributed by atoms with E-state index in [2.05, 4.69) is 13.8 Å². The lowest BCUT2D eigenvalue weighted by Crippen LogP contribution is -2.31. The van der Waals surface area contributed by atoms with Gasteiger partial charge in [-0.1, -0.05) is 85.7 Å². The molecular formula is C33H46BrN3O4. The summed E-state index contributed by atoms with van der Waals surface area (Å²) in [6.07, 6.45) is 1.67. The van der Waals surface area contributed by atoms with Gasteiger partial charge in [-0.3, -0.25) is 9.79 Å². The molecule has 0 aliphatic carbocycles. The molecule has 0 radical (unpaired) electrons. The standard InChI is InChI=1S/C33H45N3O4.BrH/c1-10-40-30(39)27-20-35(31(34-18-22(2)3)36(27)19-23-14-12-11-13-15-23)21-28(37)24-16-25(32(4,5)6)29(38)26(17-24)33(7,8)9;/h11-17,20,22,38H,10,18-19,21H2,1-9H3;1H/b34-31+;. The molecule has 0 saturated heterocycles. The normalized spacial score (nSPS) is 12.4. The van der Waals surface area contributed by atoms with Crippen LogP contribution in [0.3, 0.4) is 0 Å². The van der Waals surface area contributed by atoms with E-state index in [0.717, 1.165) is 16.7 Å². The minimum absolute atomic E-state index is 0. The third-order valence-corrected chi connectivity index (χ3v) is 6.70. The van der Waals surface area contributed by atoms with E-state index >= 15 is 0 Å². The highest BCUT2D eigenvalue weighted by Gasteiger charge is 2.28. The maximum Gasteiger partial charge on any atom is 0.356 e. The second-order valence-corrected chi connectivity index (χ2v) is 12.8. The number of hydrogen-bond donors (Lipinski definition) is 1. The number of carbonyl (C=O) groups excluding carboxylic acids is 2. The minimum Gasteiger partial charge on any atom is -0.507 e.